The summed E-state index contributed by atoms with van der Waals surface area (Å²) < 4.78 is 74.9. The fourth-order valence-corrected chi connectivity index (χ4v) is 7.35. The van der Waals surface area contributed by atoms with Crippen LogP contribution < -0.4 is 20.7 Å². The molecule has 0 radical (unpaired) electrons. The van der Waals surface area contributed by atoms with Crippen LogP contribution in [0.4, 0.5) is 27.6 Å². The van der Waals surface area contributed by atoms with Crippen LogP contribution in [0.3, 0.4) is 0 Å². The third-order valence-electron chi connectivity index (χ3n) is 9.80. The first-order valence-electron chi connectivity index (χ1n) is 16.3. The summed E-state index contributed by atoms with van der Waals surface area (Å²) in [5, 5.41) is 18.0. The number of allylic oxidation sites excluding steroid dienone is 1. The monoisotopic (exact) mass is 697 g/mol. The molecule has 264 valence electrons. The highest BCUT2D eigenvalue weighted by molar-refractivity contribution is 6.00. The van der Waals surface area contributed by atoms with Crippen LogP contribution in [0, 0.1) is 35.3 Å². The van der Waals surface area contributed by atoms with E-state index in [2.05, 4.69) is 22.0 Å². The highest BCUT2D eigenvalue weighted by Gasteiger charge is 2.55. The molecule has 0 heterocycles. The third kappa shape index (κ3) is 7.09. The number of carbonyl (C=O) groups is 3. The van der Waals surface area contributed by atoms with Gasteiger partial charge in [0.15, 0.2) is 0 Å². The van der Waals surface area contributed by atoms with Gasteiger partial charge in [-0.05, 0) is 91.1 Å². The van der Waals surface area contributed by atoms with Crippen molar-refractivity contribution in [2.75, 3.05) is 19.0 Å². The zero-order valence-corrected chi connectivity index (χ0v) is 27.2. The highest BCUT2D eigenvalue weighted by atomic mass is 19.4. The number of amides is 3. The predicted molar refractivity (Wildman–Crippen MR) is 174 cm³/mol. The number of aliphatic hydroxyl groups excluding tert-OH is 1. The van der Waals surface area contributed by atoms with Crippen molar-refractivity contribution in [3.05, 3.63) is 94.6 Å². The van der Waals surface area contributed by atoms with Crippen LogP contribution in [-0.2, 0) is 15.8 Å². The molecule has 4 N–H and O–H groups in total. The van der Waals surface area contributed by atoms with E-state index in [-0.39, 0.29) is 40.3 Å². The van der Waals surface area contributed by atoms with E-state index < -0.39 is 59.8 Å². The molecule has 50 heavy (non-hydrogen) atoms. The van der Waals surface area contributed by atoms with Gasteiger partial charge < -0.3 is 25.8 Å². The van der Waals surface area contributed by atoms with Crippen LogP contribution >= 0.6 is 0 Å². The number of alkyl halides is 3. The molecule has 0 saturated heterocycles. The Balaban J connectivity index is 1.31. The van der Waals surface area contributed by atoms with Gasteiger partial charge in [-0.25, -0.2) is 8.78 Å². The summed E-state index contributed by atoms with van der Waals surface area (Å²) in [6, 6.07) is 9.39. The number of rotatable bonds is 10. The molecule has 5 atom stereocenters. The van der Waals surface area contributed by atoms with E-state index in [0.717, 1.165) is 24.5 Å². The van der Waals surface area contributed by atoms with E-state index in [0.29, 0.717) is 42.0 Å². The topological polar surface area (TPSA) is 117 Å². The van der Waals surface area contributed by atoms with E-state index in [9.17, 15) is 37.1 Å². The van der Waals surface area contributed by atoms with Crippen LogP contribution in [0.5, 0.6) is 5.75 Å². The average Bonchev–Trinajstić information content (AvgIpc) is 3.75. The molecular formula is C37H36F5N3O5. The molecule has 3 aliphatic rings. The average molecular weight is 698 g/mol. The second kappa shape index (κ2) is 13.9. The van der Waals surface area contributed by atoms with E-state index in [1.807, 2.05) is 0 Å². The standard InChI is InChI=1S/C37H36F5N3O5/c1-18(47)43-31(17-46)21-5-10-29(38)25(15-21)20-6-12-32(50-2)27(14-20)35(48)45-34-24-9-8-23(26(24)13-19-3-4-19)33(34)36(49)44-22-7-11-30(39)28(16-22)37(40,41)42/h5-7,10-16,19,23-24,31,33-34,46H,3-4,8-9,17H2,1-2H3,(H,43,47)(H,44,49)(H,45,48)/t23?,24?,31?,33-,34+/m0/s1. The second-order valence-electron chi connectivity index (χ2n) is 13.1. The van der Waals surface area contributed by atoms with Gasteiger partial charge >= 0.3 is 6.18 Å². The van der Waals surface area contributed by atoms with Gasteiger partial charge in [0.25, 0.3) is 5.91 Å². The molecule has 2 bridgehead atoms. The molecule has 3 aromatic rings. The van der Waals surface area contributed by atoms with Gasteiger partial charge in [-0.1, -0.05) is 23.8 Å². The Labute approximate surface area is 285 Å². The minimum absolute atomic E-state index is 0.0541. The first-order valence-corrected chi connectivity index (χ1v) is 16.3. The smallest absolute Gasteiger partial charge is 0.419 e. The number of halogens is 5. The van der Waals surface area contributed by atoms with Gasteiger partial charge in [-0.2, -0.15) is 13.2 Å². The summed E-state index contributed by atoms with van der Waals surface area (Å²) in [7, 11) is 1.37. The maximum atomic E-state index is 15.2. The molecule has 3 aliphatic carbocycles. The van der Waals surface area contributed by atoms with Crippen molar-refractivity contribution < 1.29 is 46.2 Å². The van der Waals surface area contributed by atoms with Crippen LogP contribution in [-0.4, -0.2) is 42.6 Å². The predicted octanol–water partition coefficient (Wildman–Crippen LogP) is 6.56. The Hall–Kier alpha value is -4.78. The number of methoxy groups -OCH3 is 1. The molecule has 6 rings (SSSR count). The summed E-state index contributed by atoms with van der Waals surface area (Å²) in [5.41, 5.74) is 0.234. The summed E-state index contributed by atoms with van der Waals surface area (Å²) >= 11 is 0. The SMILES string of the molecule is COc1ccc(-c2cc(C(CO)NC(C)=O)ccc2F)cc1C(=O)N[C@@H]1C2CCC(C2=CC2CC2)[C@@H]1C(=O)Nc1ccc(F)c(C(F)(F)F)c1. The number of anilines is 1. The van der Waals surface area contributed by atoms with Crippen molar-refractivity contribution in [1.82, 2.24) is 10.6 Å². The number of ether oxygens (including phenoxy) is 1. The lowest BCUT2D eigenvalue weighted by Crippen LogP contribution is -2.48. The molecule has 3 unspecified atom stereocenters. The highest BCUT2D eigenvalue weighted by Crippen LogP contribution is 2.54. The van der Waals surface area contributed by atoms with Crippen molar-refractivity contribution >= 4 is 23.4 Å². The van der Waals surface area contributed by atoms with E-state index >= 15 is 4.39 Å². The largest absolute Gasteiger partial charge is 0.496 e. The van der Waals surface area contributed by atoms with Crippen LogP contribution in [0.25, 0.3) is 11.1 Å². The molecule has 0 aromatic heterocycles. The quantitative estimate of drug-likeness (QED) is 0.142. The number of fused-ring (bicyclic) bond motifs is 2. The lowest BCUT2D eigenvalue weighted by molar-refractivity contribution is -0.140. The third-order valence-corrected chi connectivity index (χ3v) is 9.80. The number of hydrogen-bond donors (Lipinski definition) is 4. The molecule has 3 amide bonds. The van der Waals surface area contributed by atoms with E-state index in [1.54, 1.807) is 6.07 Å². The Morgan fingerprint density at radius 3 is 2.34 bits per heavy atom. The van der Waals surface area contributed by atoms with Gasteiger partial charge in [0.1, 0.15) is 17.4 Å². The molecule has 3 saturated carbocycles. The zero-order valence-electron chi connectivity index (χ0n) is 27.2. The molecule has 3 aromatic carbocycles. The number of aliphatic hydroxyl groups is 1. The van der Waals surface area contributed by atoms with Crippen LogP contribution in [0.15, 0.2) is 66.2 Å². The lowest BCUT2D eigenvalue weighted by atomic mass is 9.83. The van der Waals surface area contributed by atoms with Crippen molar-refractivity contribution in [3.63, 3.8) is 0 Å². The molecule has 3 fully saturated rings. The van der Waals surface area contributed by atoms with E-state index in [4.69, 9.17) is 4.74 Å². The number of benzene rings is 3. The molecule has 0 aliphatic heterocycles. The van der Waals surface area contributed by atoms with Gasteiger partial charge in [0, 0.05) is 30.1 Å². The fourth-order valence-electron chi connectivity index (χ4n) is 7.35. The lowest BCUT2D eigenvalue weighted by Gasteiger charge is -2.30. The van der Waals surface area contributed by atoms with Gasteiger partial charge in [-0.15, -0.1) is 0 Å². The van der Waals surface area contributed by atoms with Crippen LogP contribution in [0.1, 0.15) is 60.1 Å². The second-order valence-corrected chi connectivity index (χ2v) is 13.1. The molecular weight excluding hydrogens is 661 g/mol. The maximum absolute atomic E-state index is 15.2. The van der Waals surface area contributed by atoms with Gasteiger partial charge in [-0.3, -0.25) is 14.4 Å². The minimum Gasteiger partial charge on any atom is -0.496 e. The van der Waals surface area contributed by atoms with Crippen molar-refractivity contribution in [2.45, 2.75) is 50.9 Å². The zero-order chi connectivity index (χ0) is 35.9. The minimum atomic E-state index is -4.96. The van der Waals surface area contributed by atoms with E-state index in [1.165, 1.54) is 44.4 Å². The van der Waals surface area contributed by atoms with Gasteiger partial charge in [0.2, 0.25) is 11.8 Å². The summed E-state index contributed by atoms with van der Waals surface area (Å²) in [5.74, 6) is -4.37. The first-order chi connectivity index (χ1) is 23.8. The normalized spacial score (nSPS) is 22.7. The summed E-state index contributed by atoms with van der Waals surface area (Å²) in [4.78, 5) is 39.5. The van der Waals surface area contributed by atoms with Crippen molar-refractivity contribution in [2.24, 2.45) is 23.7 Å². The fraction of sp³-hybridized carbons (Fsp3) is 0.378. The number of nitrogens with one attached hydrogen (secondary N) is 3. The van der Waals surface area contributed by atoms with Crippen LogP contribution in [0.2, 0.25) is 0 Å². The Bertz CT molecular complexity index is 1860. The number of carbonyl (C=O) groups excluding carboxylic acids is 3. The Morgan fingerprint density at radius 2 is 1.68 bits per heavy atom. The Morgan fingerprint density at radius 1 is 0.960 bits per heavy atom. The molecule has 8 nitrogen and oxygen atoms in total. The van der Waals surface area contributed by atoms with Gasteiger partial charge in [0.05, 0.1) is 36.8 Å². The summed E-state index contributed by atoms with van der Waals surface area (Å²) in [6.45, 7) is 0.865. The Kier molecular flexibility index (Phi) is 9.71. The molecule has 0 spiro atoms. The van der Waals surface area contributed by atoms with Crippen molar-refractivity contribution in [1.29, 1.82) is 0 Å². The first kappa shape index (κ1) is 35.1. The number of hydrogen-bond acceptors (Lipinski definition) is 5. The van der Waals surface area contributed by atoms with Crippen molar-refractivity contribution in [3.8, 4) is 16.9 Å². The molecule has 13 heteroatoms. The maximum Gasteiger partial charge on any atom is 0.419 e. The summed E-state index contributed by atoms with van der Waals surface area (Å²) in [6.07, 6.45) is 0.578.